The largest absolute Gasteiger partial charge is 0.497 e. The molecular weight excluding hydrogens is 300 g/mol. The normalized spacial score (nSPS) is 23.7. The molecule has 1 aliphatic heterocycles. The Bertz CT molecular complexity index is 582. The van der Waals surface area contributed by atoms with Crippen molar-refractivity contribution in [3.05, 3.63) is 29.8 Å². The lowest BCUT2D eigenvalue weighted by Crippen LogP contribution is -2.46. The van der Waals surface area contributed by atoms with Crippen LogP contribution in [0.25, 0.3) is 0 Å². The number of amides is 1. The number of nitrogens with zero attached hydrogens (tertiary/aromatic N) is 1. The number of benzene rings is 1. The van der Waals surface area contributed by atoms with Gasteiger partial charge in [-0.05, 0) is 56.2 Å². The molecule has 1 N–H and O–H groups in total. The van der Waals surface area contributed by atoms with E-state index in [-0.39, 0.29) is 0 Å². The van der Waals surface area contributed by atoms with Gasteiger partial charge < -0.3 is 15.0 Å². The first-order chi connectivity index (χ1) is 11.7. The van der Waals surface area contributed by atoms with Crippen LogP contribution in [0.4, 0.5) is 0 Å². The predicted octanol–water partition coefficient (Wildman–Crippen LogP) is 2.72. The summed E-state index contributed by atoms with van der Waals surface area (Å²) in [6.45, 7) is 3.36. The van der Waals surface area contributed by atoms with Crippen molar-refractivity contribution in [1.82, 2.24) is 10.2 Å². The van der Waals surface area contributed by atoms with Gasteiger partial charge in [-0.1, -0.05) is 12.1 Å². The van der Waals surface area contributed by atoms with Crippen molar-refractivity contribution in [2.75, 3.05) is 26.7 Å². The molecule has 1 saturated heterocycles. The van der Waals surface area contributed by atoms with Gasteiger partial charge in [0.1, 0.15) is 5.75 Å². The fourth-order valence-corrected chi connectivity index (χ4v) is 3.96. The number of nitrogens with one attached hydrogen (secondary N) is 1. The zero-order valence-electron chi connectivity index (χ0n) is 14.6. The Balaban J connectivity index is 1.29. The molecule has 0 radical (unpaired) electrons. The monoisotopic (exact) mass is 328 g/mol. The predicted molar refractivity (Wildman–Crippen MR) is 94.2 cm³/mol. The van der Waals surface area contributed by atoms with E-state index in [2.05, 4.69) is 34.5 Å². The summed E-state index contributed by atoms with van der Waals surface area (Å²) in [5, 5.41) is 3.24. The van der Waals surface area contributed by atoms with Gasteiger partial charge in [-0.15, -0.1) is 0 Å². The summed E-state index contributed by atoms with van der Waals surface area (Å²) >= 11 is 0. The number of likely N-dealkylation sites (tertiary alicyclic amines) is 1. The van der Waals surface area contributed by atoms with Crippen molar-refractivity contribution in [3.8, 4) is 5.75 Å². The van der Waals surface area contributed by atoms with Gasteiger partial charge in [-0.3, -0.25) is 4.79 Å². The summed E-state index contributed by atoms with van der Waals surface area (Å²) in [6.07, 6.45) is 6.95. The van der Waals surface area contributed by atoms with Gasteiger partial charge in [-0.25, -0.2) is 0 Å². The van der Waals surface area contributed by atoms with E-state index in [1.54, 1.807) is 7.11 Å². The third kappa shape index (κ3) is 3.44. The lowest BCUT2D eigenvalue weighted by molar-refractivity contribution is -0.123. The van der Waals surface area contributed by atoms with E-state index in [0.717, 1.165) is 51.1 Å². The molecule has 0 unspecified atom stereocenters. The smallest absolute Gasteiger partial charge is 0.223 e. The quantitative estimate of drug-likeness (QED) is 0.873. The Labute approximate surface area is 144 Å². The van der Waals surface area contributed by atoms with Crippen LogP contribution in [0.5, 0.6) is 5.75 Å². The van der Waals surface area contributed by atoms with Crippen molar-refractivity contribution in [3.63, 3.8) is 0 Å². The van der Waals surface area contributed by atoms with Crippen molar-refractivity contribution >= 4 is 5.91 Å². The summed E-state index contributed by atoms with van der Waals surface area (Å²) in [5.74, 6) is 1.56. The van der Waals surface area contributed by atoms with Gasteiger partial charge in [0.2, 0.25) is 5.91 Å². The number of methoxy groups -OCH3 is 1. The lowest BCUT2D eigenvalue weighted by Gasteiger charge is -2.35. The molecule has 3 fully saturated rings. The van der Waals surface area contributed by atoms with Crippen LogP contribution in [0.2, 0.25) is 0 Å². The standard InChI is InChI=1S/C20H28N2O2/c1-24-18-6-4-16(5-7-18)20(10-11-20)14-22-12-8-17(9-13-22)21-19(23)15-2-3-15/h4-7,15,17H,2-3,8-14H2,1H3,(H,21,23). The Morgan fingerprint density at radius 1 is 1.17 bits per heavy atom. The maximum atomic E-state index is 11.9. The fourth-order valence-electron chi connectivity index (χ4n) is 3.96. The van der Waals surface area contributed by atoms with Crippen LogP contribution in [0.1, 0.15) is 44.1 Å². The minimum absolute atomic E-state index is 0.297. The molecule has 0 bridgehead atoms. The molecule has 1 heterocycles. The molecule has 1 aromatic carbocycles. The molecular formula is C20H28N2O2. The van der Waals surface area contributed by atoms with Gasteiger partial charge in [-0.2, -0.15) is 0 Å². The van der Waals surface area contributed by atoms with E-state index in [4.69, 9.17) is 4.74 Å². The van der Waals surface area contributed by atoms with Gasteiger partial charge in [0.25, 0.3) is 0 Å². The molecule has 130 valence electrons. The van der Waals surface area contributed by atoms with Crippen LogP contribution in [0, 0.1) is 5.92 Å². The molecule has 2 saturated carbocycles. The second-order valence-corrected chi connectivity index (χ2v) is 7.84. The number of ether oxygens (including phenoxy) is 1. The molecule has 24 heavy (non-hydrogen) atoms. The lowest BCUT2D eigenvalue weighted by atomic mass is 9.93. The highest BCUT2D eigenvalue weighted by atomic mass is 16.5. The number of rotatable bonds is 6. The van der Waals surface area contributed by atoms with Crippen molar-refractivity contribution < 1.29 is 9.53 Å². The molecule has 0 aromatic heterocycles. The number of hydrogen-bond acceptors (Lipinski definition) is 3. The van der Waals surface area contributed by atoms with E-state index >= 15 is 0 Å². The van der Waals surface area contributed by atoms with Gasteiger partial charge in [0, 0.05) is 37.0 Å². The van der Waals surface area contributed by atoms with Crippen LogP contribution >= 0.6 is 0 Å². The van der Waals surface area contributed by atoms with Crippen LogP contribution in [-0.2, 0) is 10.2 Å². The summed E-state index contributed by atoms with van der Waals surface area (Å²) in [7, 11) is 1.72. The minimum atomic E-state index is 0.297. The zero-order chi connectivity index (χ0) is 16.6. The molecule has 0 atom stereocenters. The van der Waals surface area contributed by atoms with Crippen molar-refractivity contribution in [2.45, 2.75) is 50.0 Å². The van der Waals surface area contributed by atoms with E-state index < -0.39 is 0 Å². The first-order valence-electron chi connectivity index (χ1n) is 9.36. The Hall–Kier alpha value is -1.55. The molecule has 3 aliphatic rings. The Kier molecular flexibility index (Phi) is 4.25. The van der Waals surface area contributed by atoms with Gasteiger partial charge in [0.05, 0.1) is 7.11 Å². The van der Waals surface area contributed by atoms with E-state index in [1.165, 1.54) is 18.4 Å². The maximum Gasteiger partial charge on any atom is 0.223 e. The summed E-state index contributed by atoms with van der Waals surface area (Å²) in [5.41, 5.74) is 1.81. The molecule has 2 aliphatic carbocycles. The molecule has 4 nitrogen and oxygen atoms in total. The first-order valence-corrected chi connectivity index (χ1v) is 9.36. The van der Waals surface area contributed by atoms with Crippen molar-refractivity contribution in [1.29, 1.82) is 0 Å². The van der Waals surface area contributed by atoms with Gasteiger partial charge >= 0.3 is 0 Å². The summed E-state index contributed by atoms with van der Waals surface area (Å²) < 4.78 is 5.27. The van der Waals surface area contributed by atoms with Crippen molar-refractivity contribution in [2.24, 2.45) is 5.92 Å². The third-order valence-electron chi connectivity index (χ3n) is 5.96. The van der Waals surface area contributed by atoms with E-state index in [1.807, 2.05) is 0 Å². The Morgan fingerprint density at radius 2 is 1.83 bits per heavy atom. The number of hydrogen-bond donors (Lipinski definition) is 1. The SMILES string of the molecule is COc1ccc(C2(CN3CCC(NC(=O)C4CC4)CC3)CC2)cc1. The molecule has 0 spiro atoms. The maximum absolute atomic E-state index is 11.9. The van der Waals surface area contributed by atoms with Crippen LogP contribution in [-0.4, -0.2) is 43.6 Å². The topological polar surface area (TPSA) is 41.6 Å². The first kappa shape index (κ1) is 15.9. The minimum Gasteiger partial charge on any atom is -0.497 e. The van der Waals surface area contributed by atoms with Crippen LogP contribution < -0.4 is 10.1 Å². The van der Waals surface area contributed by atoms with Crippen LogP contribution in [0.3, 0.4) is 0 Å². The highest BCUT2D eigenvalue weighted by Crippen LogP contribution is 2.49. The van der Waals surface area contributed by atoms with Crippen LogP contribution in [0.15, 0.2) is 24.3 Å². The highest BCUT2D eigenvalue weighted by molar-refractivity contribution is 5.81. The summed E-state index contributed by atoms with van der Waals surface area (Å²) in [6, 6.07) is 9.01. The zero-order valence-corrected chi connectivity index (χ0v) is 14.6. The third-order valence-corrected chi connectivity index (χ3v) is 5.96. The average molecular weight is 328 g/mol. The van der Waals surface area contributed by atoms with Gasteiger partial charge in [0.15, 0.2) is 0 Å². The second kappa shape index (κ2) is 6.40. The molecule has 1 aromatic rings. The second-order valence-electron chi connectivity index (χ2n) is 7.84. The molecule has 1 amide bonds. The fraction of sp³-hybridized carbons (Fsp3) is 0.650. The number of carbonyl (C=O) groups excluding carboxylic acids is 1. The van der Waals surface area contributed by atoms with E-state index in [0.29, 0.717) is 23.3 Å². The number of carbonyl (C=O) groups is 1. The molecule has 4 heteroatoms. The number of piperidine rings is 1. The average Bonchev–Trinajstić information content (AvgIpc) is 3.51. The van der Waals surface area contributed by atoms with E-state index in [9.17, 15) is 4.79 Å². The Morgan fingerprint density at radius 3 is 2.38 bits per heavy atom. The summed E-state index contributed by atoms with van der Waals surface area (Å²) in [4.78, 5) is 14.5. The highest BCUT2D eigenvalue weighted by Gasteiger charge is 2.45. The molecule has 4 rings (SSSR count).